The molecule has 1 N–H and O–H groups in total. The molecule has 0 radical (unpaired) electrons. The van der Waals surface area contributed by atoms with Crippen LogP contribution in [-0.2, 0) is 11.3 Å². The van der Waals surface area contributed by atoms with Crippen molar-refractivity contribution < 1.29 is 14.3 Å². The molecule has 0 fully saturated rings. The van der Waals surface area contributed by atoms with E-state index < -0.39 is 5.97 Å². The Morgan fingerprint density at radius 1 is 1.17 bits per heavy atom. The van der Waals surface area contributed by atoms with Crippen LogP contribution in [0.2, 0.25) is 0 Å². The van der Waals surface area contributed by atoms with Gasteiger partial charge in [-0.3, -0.25) is 0 Å². The summed E-state index contributed by atoms with van der Waals surface area (Å²) in [6.07, 6.45) is 0. The molecule has 0 saturated heterocycles. The molecule has 7 nitrogen and oxygen atoms in total. The van der Waals surface area contributed by atoms with Crippen molar-refractivity contribution in [2.24, 2.45) is 4.99 Å². The molecule has 2 aromatic carbocycles. The number of nitrogens with zero attached hydrogens (tertiary/aromatic N) is 3. The Kier molecular flexibility index (Phi) is 5.29. The lowest BCUT2D eigenvalue weighted by atomic mass is 10.2. The van der Waals surface area contributed by atoms with Crippen molar-refractivity contribution in [3.8, 4) is 17.1 Å². The second-order valence-corrected chi connectivity index (χ2v) is 6.46. The first-order valence-electron chi connectivity index (χ1n) is 9.51. The summed E-state index contributed by atoms with van der Waals surface area (Å²) in [7, 11) is 1.61. The zero-order valence-corrected chi connectivity index (χ0v) is 16.4. The maximum absolute atomic E-state index is 12.8. The highest BCUT2D eigenvalue weighted by Crippen LogP contribution is 2.26. The van der Waals surface area contributed by atoms with E-state index >= 15 is 0 Å². The number of carbonyl (C=O) groups excluding carboxylic acids is 1. The molecule has 1 aromatic heterocycles. The van der Waals surface area contributed by atoms with Gasteiger partial charge in [-0.05, 0) is 31.2 Å². The number of aromatic nitrogens is 2. The van der Waals surface area contributed by atoms with Crippen LogP contribution in [0, 0.1) is 0 Å². The Hall–Kier alpha value is -3.61. The minimum absolute atomic E-state index is 0.278. The number of ether oxygens (including phenoxy) is 2. The molecular formula is C22H22N4O3. The van der Waals surface area contributed by atoms with Gasteiger partial charge in [-0.2, -0.15) is 0 Å². The Morgan fingerprint density at radius 2 is 1.93 bits per heavy atom. The van der Waals surface area contributed by atoms with Crippen LogP contribution in [0.15, 0.2) is 59.6 Å². The molecule has 148 valence electrons. The average molecular weight is 390 g/mol. The van der Waals surface area contributed by atoms with Crippen LogP contribution in [0.5, 0.6) is 5.75 Å². The second-order valence-electron chi connectivity index (χ2n) is 6.46. The Morgan fingerprint density at radius 3 is 2.62 bits per heavy atom. The maximum Gasteiger partial charge on any atom is 0.345 e. The van der Waals surface area contributed by atoms with Gasteiger partial charge in [0.2, 0.25) is 0 Å². The minimum atomic E-state index is -0.440. The van der Waals surface area contributed by atoms with Crippen LogP contribution in [-0.4, -0.2) is 35.8 Å². The monoisotopic (exact) mass is 390 g/mol. The highest BCUT2D eigenvalue weighted by molar-refractivity contribution is 5.95. The molecule has 29 heavy (non-hydrogen) atoms. The summed E-state index contributed by atoms with van der Waals surface area (Å²) < 4.78 is 12.5. The van der Waals surface area contributed by atoms with Gasteiger partial charge in [-0.15, -0.1) is 0 Å². The number of carbonyl (C=O) groups is 1. The largest absolute Gasteiger partial charge is 0.497 e. The number of anilines is 1. The van der Waals surface area contributed by atoms with Crippen LogP contribution in [0.25, 0.3) is 11.4 Å². The Bertz CT molecular complexity index is 1090. The first-order chi connectivity index (χ1) is 14.2. The van der Waals surface area contributed by atoms with E-state index in [0.717, 1.165) is 17.1 Å². The average Bonchev–Trinajstić information content (AvgIpc) is 3.24. The first-order valence-corrected chi connectivity index (χ1v) is 9.51. The predicted octanol–water partition coefficient (Wildman–Crippen LogP) is 3.39. The summed E-state index contributed by atoms with van der Waals surface area (Å²) in [5.41, 5.74) is 2.30. The van der Waals surface area contributed by atoms with Gasteiger partial charge >= 0.3 is 5.97 Å². The maximum atomic E-state index is 12.8. The first kappa shape index (κ1) is 18.7. The van der Waals surface area contributed by atoms with Crippen molar-refractivity contribution in [3.05, 3.63) is 65.6 Å². The third-order valence-corrected chi connectivity index (χ3v) is 4.64. The van der Waals surface area contributed by atoms with E-state index in [0.29, 0.717) is 35.6 Å². The van der Waals surface area contributed by atoms with E-state index in [4.69, 9.17) is 14.5 Å². The van der Waals surface area contributed by atoms with E-state index in [1.54, 1.807) is 14.0 Å². The normalized spacial score (nSPS) is 13.0. The number of fused-ring (bicyclic) bond motifs is 1. The summed E-state index contributed by atoms with van der Waals surface area (Å²) in [5, 5.41) is 3.30. The minimum Gasteiger partial charge on any atom is -0.497 e. The lowest BCUT2D eigenvalue weighted by molar-refractivity contribution is 0.0524. The van der Waals surface area contributed by atoms with Crippen molar-refractivity contribution in [1.82, 2.24) is 9.55 Å². The number of nitrogens with one attached hydrogen (secondary N) is 1. The smallest absolute Gasteiger partial charge is 0.345 e. The molecule has 0 aliphatic carbocycles. The molecular weight excluding hydrogens is 368 g/mol. The SMILES string of the molecule is CCOC(=O)c1c2n(c(-c3ccccc3)nc1=Nc1ccc(OC)cc1)CCN2. The number of esters is 1. The highest BCUT2D eigenvalue weighted by atomic mass is 16.5. The molecule has 0 spiro atoms. The van der Waals surface area contributed by atoms with Crippen molar-refractivity contribution >= 4 is 17.5 Å². The molecule has 4 rings (SSSR count). The molecule has 0 saturated carbocycles. The Balaban J connectivity index is 1.96. The van der Waals surface area contributed by atoms with Crippen molar-refractivity contribution in [1.29, 1.82) is 0 Å². The molecule has 0 atom stereocenters. The fourth-order valence-electron chi connectivity index (χ4n) is 3.31. The van der Waals surface area contributed by atoms with Gasteiger partial charge in [-0.25, -0.2) is 14.8 Å². The quantitative estimate of drug-likeness (QED) is 0.676. The van der Waals surface area contributed by atoms with Gasteiger partial charge in [-0.1, -0.05) is 30.3 Å². The van der Waals surface area contributed by atoms with Gasteiger partial charge in [0.05, 0.1) is 19.4 Å². The highest BCUT2D eigenvalue weighted by Gasteiger charge is 2.26. The number of hydrogen-bond acceptors (Lipinski definition) is 6. The third kappa shape index (κ3) is 3.71. The van der Waals surface area contributed by atoms with Crippen molar-refractivity contribution in [2.75, 3.05) is 25.6 Å². The Labute approximate surface area is 168 Å². The molecule has 0 amide bonds. The molecule has 0 bridgehead atoms. The van der Waals surface area contributed by atoms with Crippen molar-refractivity contribution in [2.45, 2.75) is 13.5 Å². The van der Waals surface area contributed by atoms with E-state index in [-0.39, 0.29) is 6.61 Å². The number of rotatable bonds is 5. The van der Waals surface area contributed by atoms with Crippen LogP contribution < -0.4 is 15.5 Å². The van der Waals surface area contributed by atoms with Gasteiger partial charge in [0.1, 0.15) is 23.0 Å². The van der Waals surface area contributed by atoms with Gasteiger partial charge in [0.15, 0.2) is 5.49 Å². The van der Waals surface area contributed by atoms with Crippen LogP contribution in [0.3, 0.4) is 0 Å². The number of benzene rings is 2. The van der Waals surface area contributed by atoms with Gasteiger partial charge < -0.3 is 19.4 Å². The summed E-state index contributed by atoms with van der Waals surface area (Å²) in [4.78, 5) is 22.2. The molecule has 0 unspecified atom stereocenters. The summed E-state index contributed by atoms with van der Waals surface area (Å²) in [6, 6.07) is 17.2. The van der Waals surface area contributed by atoms with Crippen LogP contribution in [0.4, 0.5) is 11.5 Å². The zero-order valence-electron chi connectivity index (χ0n) is 16.4. The summed E-state index contributed by atoms with van der Waals surface area (Å²) in [6.45, 7) is 3.48. The van der Waals surface area contributed by atoms with Crippen LogP contribution >= 0.6 is 0 Å². The molecule has 3 aromatic rings. The molecule has 1 aliphatic rings. The summed E-state index contributed by atoms with van der Waals surface area (Å²) >= 11 is 0. The van der Waals surface area contributed by atoms with E-state index in [1.807, 2.05) is 59.2 Å². The fraction of sp³-hybridized carbons (Fsp3) is 0.227. The second kappa shape index (κ2) is 8.18. The fourth-order valence-corrected chi connectivity index (χ4v) is 3.31. The summed E-state index contributed by atoms with van der Waals surface area (Å²) in [5.74, 6) is 1.74. The van der Waals surface area contributed by atoms with Crippen LogP contribution in [0.1, 0.15) is 17.3 Å². The number of hydrogen-bond donors (Lipinski definition) is 1. The molecule has 1 aliphatic heterocycles. The molecule has 7 heteroatoms. The lowest BCUT2D eigenvalue weighted by Crippen LogP contribution is -2.26. The van der Waals surface area contributed by atoms with E-state index in [2.05, 4.69) is 10.3 Å². The van der Waals surface area contributed by atoms with Crippen molar-refractivity contribution in [3.63, 3.8) is 0 Å². The van der Waals surface area contributed by atoms with E-state index in [1.165, 1.54) is 0 Å². The lowest BCUT2D eigenvalue weighted by Gasteiger charge is -2.14. The van der Waals surface area contributed by atoms with Gasteiger partial charge in [0, 0.05) is 18.7 Å². The van der Waals surface area contributed by atoms with E-state index in [9.17, 15) is 4.79 Å². The standard InChI is InChI=1S/C22H22N4O3/c1-3-29-22(27)18-19(24-16-9-11-17(28-2)12-10-16)25-20(15-7-5-4-6-8-15)26-14-13-23-21(18)26/h4-12,23H,3,13-14H2,1-2H3. The molecule has 2 heterocycles. The third-order valence-electron chi connectivity index (χ3n) is 4.64. The number of methoxy groups -OCH3 is 1. The van der Waals surface area contributed by atoms with Gasteiger partial charge in [0.25, 0.3) is 0 Å². The topological polar surface area (TPSA) is 77.7 Å². The zero-order chi connectivity index (χ0) is 20.2. The predicted molar refractivity (Wildman–Crippen MR) is 110 cm³/mol.